The highest BCUT2D eigenvalue weighted by molar-refractivity contribution is 6.30. The zero-order valence-electron chi connectivity index (χ0n) is 9.88. The van der Waals surface area contributed by atoms with Gasteiger partial charge >= 0.3 is 0 Å². The summed E-state index contributed by atoms with van der Waals surface area (Å²) in [6.45, 7) is 2.23. The molecule has 1 saturated carbocycles. The number of halogens is 1. The summed E-state index contributed by atoms with van der Waals surface area (Å²) >= 11 is 5.89. The number of rotatable bonds is 3. The van der Waals surface area contributed by atoms with Crippen LogP contribution in [-0.4, -0.2) is 6.04 Å². The number of hydrogen-bond donors (Lipinski definition) is 1. The molecule has 2 heteroatoms. The smallest absolute Gasteiger partial charge is 0.0406 e. The lowest BCUT2D eigenvalue weighted by atomic mass is 9.94. The van der Waals surface area contributed by atoms with Gasteiger partial charge in [0.2, 0.25) is 0 Å². The van der Waals surface area contributed by atoms with Crippen LogP contribution in [0.5, 0.6) is 0 Å². The van der Waals surface area contributed by atoms with Gasteiger partial charge in [0.15, 0.2) is 0 Å². The third-order valence-electron chi connectivity index (χ3n) is 3.46. The molecule has 1 nitrogen and oxygen atoms in total. The molecule has 1 atom stereocenters. The third-order valence-corrected chi connectivity index (χ3v) is 3.71. The normalized spacial score (nSPS) is 19.6. The fraction of sp³-hybridized carbons (Fsp3) is 0.571. The van der Waals surface area contributed by atoms with E-state index in [0.717, 1.165) is 5.02 Å². The lowest BCUT2D eigenvalue weighted by Crippen LogP contribution is -2.33. The van der Waals surface area contributed by atoms with Gasteiger partial charge in [0.05, 0.1) is 0 Å². The van der Waals surface area contributed by atoms with Gasteiger partial charge in [0, 0.05) is 17.1 Å². The molecule has 0 radical (unpaired) electrons. The maximum Gasteiger partial charge on any atom is 0.0406 e. The van der Waals surface area contributed by atoms with Crippen LogP contribution in [-0.2, 0) is 0 Å². The Bertz CT molecular complexity index is 314. The van der Waals surface area contributed by atoms with Crippen LogP contribution < -0.4 is 5.32 Å². The van der Waals surface area contributed by atoms with Gasteiger partial charge in [-0.05, 0) is 37.5 Å². The van der Waals surface area contributed by atoms with Crippen molar-refractivity contribution in [2.24, 2.45) is 0 Å². The van der Waals surface area contributed by atoms with Gasteiger partial charge in [-0.2, -0.15) is 0 Å². The molecule has 1 aromatic carbocycles. The monoisotopic (exact) mass is 237 g/mol. The minimum absolute atomic E-state index is 0.431. The SMILES string of the molecule is CC(NC1CCCCC1)c1ccc(Cl)cc1. The summed E-state index contributed by atoms with van der Waals surface area (Å²) < 4.78 is 0. The van der Waals surface area contributed by atoms with Crippen molar-refractivity contribution in [2.75, 3.05) is 0 Å². The van der Waals surface area contributed by atoms with Gasteiger partial charge in [-0.1, -0.05) is 43.0 Å². The van der Waals surface area contributed by atoms with E-state index in [0.29, 0.717) is 12.1 Å². The van der Waals surface area contributed by atoms with Crippen LogP contribution in [0.1, 0.15) is 50.6 Å². The predicted molar refractivity (Wildman–Crippen MR) is 69.9 cm³/mol. The van der Waals surface area contributed by atoms with Crippen molar-refractivity contribution in [3.05, 3.63) is 34.9 Å². The van der Waals surface area contributed by atoms with Crippen molar-refractivity contribution in [3.8, 4) is 0 Å². The topological polar surface area (TPSA) is 12.0 Å². The molecule has 1 fully saturated rings. The largest absolute Gasteiger partial charge is 0.307 e. The Labute approximate surface area is 103 Å². The first kappa shape index (κ1) is 11.9. The summed E-state index contributed by atoms with van der Waals surface area (Å²) in [5, 5.41) is 4.53. The van der Waals surface area contributed by atoms with Gasteiger partial charge < -0.3 is 5.32 Å². The minimum atomic E-state index is 0.431. The van der Waals surface area contributed by atoms with Crippen LogP contribution in [0, 0.1) is 0 Å². The molecule has 2 rings (SSSR count). The van der Waals surface area contributed by atoms with Crippen LogP contribution in [0.15, 0.2) is 24.3 Å². The van der Waals surface area contributed by atoms with Gasteiger partial charge in [0.25, 0.3) is 0 Å². The fourth-order valence-electron chi connectivity index (χ4n) is 2.47. The lowest BCUT2D eigenvalue weighted by Gasteiger charge is -2.26. The summed E-state index contributed by atoms with van der Waals surface area (Å²) in [5.41, 5.74) is 1.33. The Morgan fingerprint density at radius 2 is 1.75 bits per heavy atom. The average Bonchev–Trinajstić information content (AvgIpc) is 2.31. The van der Waals surface area contributed by atoms with Crippen LogP contribution >= 0.6 is 11.6 Å². The maximum absolute atomic E-state index is 5.89. The Hall–Kier alpha value is -0.530. The van der Waals surface area contributed by atoms with Crippen molar-refractivity contribution >= 4 is 11.6 Å². The van der Waals surface area contributed by atoms with Crippen molar-refractivity contribution in [2.45, 2.75) is 51.1 Å². The second-order valence-corrected chi connectivity index (χ2v) is 5.21. The van der Waals surface area contributed by atoms with Crippen molar-refractivity contribution in [1.82, 2.24) is 5.32 Å². The molecule has 1 unspecified atom stereocenters. The molecule has 0 aromatic heterocycles. The van der Waals surface area contributed by atoms with Crippen molar-refractivity contribution < 1.29 is 0 Å². The average molecular weight is 238 g/mol. The van der Waals surface area contributed by atoms with Gasteiger partial charge in [0.1, 0.15) is 0 Å². The first-order valence-electron chi connectivity index (χ1n) is 6.27. The maximum atomic E-state index is 5.89. The molecular formula is C14H20ClN. The van der Waals surface area contributed by atoms with E-state index in [2.05, 4.69) is 24.4 Å². The molecule has 1 aromatic rings. The van der Waals surface area contributed by atoms with E-state index in [-0.39, 0.29) is 0 Å². The fourth-order valence-corrected chi connectivity index (χ4v) is 2.60. The van der Waals surface area contributed by atoms with E-state index < -0.39 is 0 Å². The van der Waals surface area contributed by atoms with E-state index in [9.17, 15) is 0 Å². The first-order chi connectivity index (χ1) is 7.75. The molecule has 1 aliphatic carbocycles. The number of nitrogens with one attached hydrogen (secondary N) is 1. The molecule has 0 aliphatic heterocycles. The Kier molecular flexibility index (Phi) is 4.25. The first-order valence-corrected chi connectivity index (χ1v) is 6.65. The molecule has 16 heavy (non-hydrogen) atoms. The van der Waals surface area contributed by atoms with E-state index in [1.165, 1.54) is 37.7 Å². The molecule has 0 bridgehead atoms. The third kappa shape index (κ3) is 3.23. The van der Waals surface area contributed by atoms with Crippen LogP contribution in [0.25, 0.3) is 0 Å². The summed E-state index contributed by atoms with van der Waals surface area (Å²) in [6.07, 6.45) is 6.83. The van der Waals surface area contributed by atoms with Crippen molar-refractivity contribution in [1.29, 1.82) is 0 Å². The Morgan fingerprint density at radius 3 is 2.38 bits per heavy atom. The highest BCUT2D eigenvalue weighted by Crippen LogP contribution is 2.22. The molecular weight excluding hydrogens is 218 g/mol. The quantitative estimate of drug-likeness (QED) is 0.826. The second-order valence-electron chi connectivity index (χ2n) is 4.77. The zero-order valence-corrected chi connectivity index (χ0v) is 10.6. The summed E-state index contributed by atoms with van der Waals surface area (Å²) in [5.74, 6) is 0. The Balaban J connectivity index is 1.91. The molecule has 0 spiro atoms. The predicted octanol–water partition coefficient (Wildman–Crippen LogP) is 4.32. The lowest BCUT2D eigenvalue weighted by molar-refractivity contribution is 0.347. The Morgan fingerprint density at radius 1 is 1.12 bits per heavy atom. The van der Waals surface area contributed by atoms with E-state index >= 15 is 0 Å². The molecule has 1 N–H and O–H groups in total. The van der Waals surface area contributed by atoms with Gasteiger partial charge in [-0.15, -0.1) is 0 Å². The highest BCUT2D eigenvalue weighted by Gasteiger charge is 2.15. The van der Waals surface area contributed by atoms with E-state index in [1.54, 1.807) is 0 Å². The van der Waals surface area contributed by atoms with Crippen LogP contribution in [0.4, 0.5) is 0 Å². The molecule has 88 valence electrons. The molecule has 0 heterocycles. The van der Waals surface area contributed by atoms with Gasteiger partial charge in [-0.3, -0.25) is 0 Å². The van der Waals surface area contributed by atoms with Crippen LogP contribution in [0.3, 0.4) is 0 Å². The number of benzene rings is 1. The molecule has 0 saturated heterocycles. The van der Waals surface area contributed by atoms with Crippen molar-refractivity contribution in [3.63, 3.8) is 0 Å². The van der Waals surface area contributed by atoms with E-state index in [1.807, 2.05) is 12.1 Å². The second kappa shape index (κ2) is 5.70. The van der Waals surface area contributed by atoms with E-state index in [4.69, 9.17) is 11.6 Å². The number of hydrogen-bond acceptors (Lipinski definition) is 1. The molecule has 0 amide bonds. The summed E-state index contributed by atoms with van der Waals surface area (Å²) in [4.78, 5) is 0. The minimum Gasteiger partial charge on any atom is -0.307 e. The molecule has 1 aliphatic rings. The summed E-state index contributed by atoms with van der Waals surface area (Å²) in [6, 6.07) is 9.30. The van der Waals surface area contributed by atoms with Gasteiger partial charge in [-0.25, -0.2) is 0 Å². The highest BCUT2D eigenvalue weighted by atomic mass is 35.5. The summed E-state index contributed by atoms with van der Waals surface area (Å²) in [7, 11) is 0. The standard InChI is InChI=1S/C14H20ClN/c1-11(12-7-9-13(15)10-8-12)16-14-5-3-2-4-6-14/h7-11,14,16H,2-6H2,1H3. The zero-order chi connectivity index (χ0) is 11.4. The van der Waals surface area contributed by atoms with Crippen LogP contribution in [0.2, 0.25) is 5.02 Å².